The Balaban J connectivity index is 1.76. The van der Waals surface area contributed by atoms with Gasteiger partial charge in [-0.1, -0.05) is 30.4 Å². The summed E-state index contributed by atoms with van der Waals surface area (Å²) in [4.78, 5) is 28.2. The second kappa shape index (κ2) is 11.1. The van der Waals surface area contributed by atoms with Crippen molar-refractivity contribution in [1.82, 2.24) is 30.0 Å². The van der Waals surface area contributed by atoms with Crippen LogP contribution >= 0.6 is 23.1 Å². The zero-order valence-electron chi connectivity index (χ0n) is 18.0. The molecule has 3 rings (SSSR count). The molecule has 2 aromatic heterocycles. The van der Waals surface area contributed by atoms with Gasteiger partial charge in [0.1, 0.15) is 10.8 Å². The monoisotopic (exact) mass is 458 g/mol. The van der Waals surface area contributed by atoms with Crippen LogP contribution in [0.4, 0.5) is 17.0 Å². The van der Waals surface area contributed by atoms with Crippen molar-refractivity contribution in [1.29, 1.82) is 0 Å². The maximum absolute atomic E-state index is 11.7. The van der Waals surface area contributed by atoms with Crippen molar-refractivity contribution in [2.75, 3.05) is 37.8 Å². The summed E-state index contributed by atoms with van der Waals surface area (Å²) in [7, 11) is 4.03. The molecule has 0 saturated heterocycles. The van der Waals surface area contributed by atoms with Crippen molar-refractivity contribution in [3.63, 3.8) is 0 Å². The number of Topliss-reactive ketones (excluding diaryl/α,β-unsaturated/α-hetero) is 1. The van der Waals surface area contributed by atoms with Crippen LogP contribution in [0.5, 0.6) is 0 Å². The van der Waals surface area contributed by atoms with Gasteiger partial charge in [-0.15, -0.1) is 10.2 Å². The molecule has 2 N–H and O–H groups in total. The number of anilines is 3. The molecule has 0 aliphatic rings. The Bertz CT molecular complexity index is 1010. The van der Waals surface area contributed by atoms with Crippen molar-refractivity contribution in [3.05, 3.63) is 34.8 Å². The van der Waals surface area contributed by atoms with Gasteiger partial charge in [-0.25, -0.2) is 0 Å². The minimum absolute atomic E-state index is 0.230. The lowest BCUT2D eigenvalue weighted by Gasteiger charge is -2.12. The fourth-order valence-electron chi connectivity index (χ4n) is 2.50. The molecule has 164 valence electrons. The summed E-state index contributed by atoms with van der Waals surface area (Å²) in [6.45, 7) is 5.33. The van der Waals surface area contributed by atoms with E-state index in [4.69, 9.17) is 0 Å². The summed E-state index contributed by atoms with van der Waals surface area (Å²) in [5, 5.41) is 16.5. The van der Waals surface area contributed by atoms with E-state index in [0.717, 1.165) is 22.0 Å². The summed E-state index contributed by atoms with van der Waals surface area (Å²) in [6.07, 6.45) is 1.01. The van der Waals surface area contributed by atoms with E-state index in [1.54, 1.807) is 0 Å². The highest BCUT2D eigenvalue weighted by Gasteiger charge is 2.11. The highest BCUT2D eigenvalue weighted by molar-refractivity contribution is 7.99. The lowest BCUT2D eigenvalue weighted by molar-refractivity contribution is -0.118. The van der Waals surface area contributed by atoms with Gasteiger partial charge in [0.2, 0.25) is 17.0 Å². The highest BCUT2D eigenvalue weighted by atomic mass is 32.2. The zero-order chi connectivity index (χ0) is 22.2. The lowest BCUT2D eigenvalue weighted by atomic mass is 10.1. The second-order valence-electron chi connectivity index (χ2n) is 7.06. The van der Waals surface area contributed by atoms with Crippen LogP contribution in [0.1, 0.15) is 23.9 Å². The minimum Gasteiger partial charge on any atom is -0.353 e. The van der Waals surface area contributed by atoms with Gasteiger partial charge in [0, 0.05) is 30.8 Å². The Morgan fingerprint density at radius 1 is 1.10 bits per heavy atom. The van der Waals surface area contributed by atoms with Gasteiger partial charge in [0.15, 0.2) is 5.16 Å². The van der Waals surface area contributed by atoms with Gasteiger partial charge < -0.3 is 10.2 Å². The van der Waals surface area contributed by atoms with Gasteiger partial charge in [-0.05, 0) is 50.5 Å². The molecule has 31 heavy (non-hydrogen) atoms. The standard InChI is InChI=1S/C20H26N8OS2/c1-5-15(29)12-14-6-8-16(9-7-14)31-19-23-17(21-10-11-28(3)4)22-18(24-19)25-20-27-26-13(2)30-20/h6-9H,5,10-12H2,1-4H3,(H2,21,22,23,24,25,27). The van der Waals surface area contributed by atoms with Gasteiger partial charge in [0.25, 0.3) is 0 Å². The molecule has 0 radical (unpaired) electrons. The molecule has 0 bridgehead atoms. The SMILES string of the molecule is CCC(=O)Cc1ccc(Sc2nc(NCCN(C)C)nc(Nc3nnc(C)s3)n2)cc1. The van der Waals surface area contributed by atoms with Crippen LogP contribution < -0.4 is 10.6 Å². The van der Waals surface area contributed by atoms with E-state index < -0.39 is 0 Å². The number of hydrogen-bond donors (Lipinski definition) is 2. The molecule has 0 atom stereocenters. The summed E-state index contributed by atoms with van der Waals surface area (Å²) < 4.78 is 0. The quantitative estimate of drug-likeness (QED) is 0.443. The molecule has 2 heterocycles. The molecule has 0 amide bonds. The summed E-state index contributed by atoms with van der Waals surface area (Å²) in [6, 6.07) is 7.90. The normalized spacial score (nSPS) is 11.0. The maximum Gasteiger partial charge on any atom is 0.234 e. The number of aromatic nitrogens is 5. The Kier molecular flexibility index (Phi) is 8.27. The van der Waals surface area contributed by atoms with Gasteiger partial charge in [-0.2, -0.15) is 15.0 Å². The number of ketones is 1. The largest absolute Gasteiger partial charge is 0.353 e. The second-order valence-corrected chi connectivity index (χ2v) is 9.28. The Hall–Kier alpha value is -2.63. The Morgan fingerprint density at radius 2 is 1.84 bits per heavy atom. The molecular weight excluding hydrogens is 432 g/mol. The van der Waals surface area contributed by atoms with Crippen LogP contribution in [0.15, 0.2) is 34.3 Å². The van der Waals surface area contributed by atoms with Crippen LogP contribution in [0, 0.1) is 6.92 Å². The predicted molar refractivity (Wildman–Crippen MR) is 124 cm³/mol. The number of benzene rings is 1. The van der Waals surface area contributed by atoms with Crippen LogP contribution in [0.25, 0.3) is 0 Å². The molecule has 0 fully saturated rings. The topological polar surface area (TPSA) is 109 Å². The number of nitrogens with one attached hydrogen (secondary N) is 2. The molecule has 9 nitrogen and oxygen atoms in total. The third-order valence-corrected chi connectivity index (χ3v) is 5.76. The fourth-order valence-corrected chi connectivity index (χ4v) is 3.84. The maximum atomic E-state index is 11.7. The van der Waals surface area contributed by atoms with Crippen LogP contribution in [-0.4, -0.2) is 63.0 Å². The van der Waals surface area contributed by atoms with Gasteiger partial charge in [0.05, 0.1) is 0 Å². The average Bonchev–Trinajstić information content (AvgIpc) is 3.13. The van der Waals surface area contributed by atoms with E-state index in [-0.39, 0.29) is 5.78 Å². The number of aryl methyl sites for hydroxylation is 1. The number of nitrogens with zero attached hydrogens (tertiary/aromatic N) is 6. The van der Waals surface area contributed by atoms with Crippen molar-refractivity contribution < 1.29 is 4.79 Å². The summed E-state index contributed by atoms with van der Waals surface area (Å²) >= 11 is 2.87. The first-order valence-corrected chi connectivity index (χ1v) is 11.5. The number of carbonyl (C=O) groups is 1. The summed E-state index contributed by atoms with van der Waals surface area (Å²) in [5.41, 5.74) is 1.01. The van der Waals surface area contributed by atoms with Crippen molar-refractivity contribution >= 4 is 45.9 Å². The Labute approximate surface area is 190 Å². The van der Waals surface area contributed by atoms with E-state index >= 15 is 0 Å². The molecule has 0 unspecified atom stereocenters. The molecule has 1 aromatic carbocycles. The molecule has 11 heteroatoms. The number of rotatable bonds is 11. The van der Waals surface area contributed by atoms with E-state index in [0.29, 0.717) is 41.6 Å². The molecule has 0 aliphatic carbocycles. The van der Waals surface area contributed by atoms with E-state index in [9.17, 15) is 4.79 Å². The van der Waals surface area contributed by atoms with Crippen molar-refractivity contribution in [3.8, 4) is 0 Å². The first-order valence-electron chi connectivity index (χ1n) is 9.91. The molecule has 0 saturated carbocycles. The molecule has 3 aromatic rings. The number of likely N-dealkylation sites (N-methyl/N-ethyl adjacent to an activating group) is 1. The average molecular weight is 459 g/mol. The highest BCUT2D eigenvalue weighted by Crippen LogP contribution is 2.27. The third kappa shape index (κ3) is 7.53. The Morgan fingerprint density at radius 3 is 2.48 bits per heavy atom. The molecule has 0 spiro atoms. The van der Waals surface area contributed by atoms with Gasteiger partial charge >= 0.3 is 0 Å². The zero-order valence-corrected chi connectivity index (χ0v) is 19.7. The van der Waals surface area contributed by atoms with E-state index in [1.807, 2.05) is 52.2 Å². The number of hydrogen-bond acceptors (Lipinski definition) is 11. The van der Waals surface area contributed by atoms with E-state index in [2.05, 4.69) is 40.7 Å². The molecular formula is C20H26N8OS2. The lowest BCUT2D eigenvalue weighted by Crippen LogP contribution is -2.21. The summed E-state index contributed by atoms with van der Waals surface area (Å²) in [5.74, 6) is 1.13. The first-order chi connectivity index (χ1) is 14.9. The van der Waals surface area contributed by atoms with Crippen molar-refractivity contribution in [2.24, 2.45) is 0 Å². The minimum atomic E-state index is 0.230. The van der Waals surface area contributed by atoms with Gasteiger partial charge in [-0.3, -0.25) is 10.1 Å². The molecule has 0 aliphatic heterocycles. The smallest absolute Gasteiger partial charge is 0.234 e. The number of carbonyl (C=O) groups excluding carboxylic acids is 1. The van der Waals surface area contributed by atoms with Crippen LogP contribution in [0.2, 0.25) is 0 Å². The van der Waals surface area contributed by atoms with E-state index in [1.165, 1.54) is 23.1 Å². The fraction of sp³-hybridized carbons (Fsp3) is 0.400. The predicted octanol–water partition coefficient (Wildman–Crippen LogP) is 3.42. The van der Waals surface area contributed by atoms with Crippen LogP contribution in [0.3, 0.4) is 0 Å². The third-order valence-electron chi connectivity index (χ3n) is 4.13. The van der Waals surface area contributed by atoms with Crippen LogP contribution in [-0.2, 0) is 11.2 Å². The van der Waals surface area contributed by atoms with Crippen molar-refractivity contribution in [2.45, 2.75) is 36.7 Å². The first kappa shape index (κ1) is 23.0.